The summed E-state index contributed by atoms with van der Waals surface area (Å²) in [5.41, 5.74) is 2.60. The maximum Gasteiger partial charge on any atom is 0.232 e. The maximum absolute atomic E-state index is 13.1. The molecule has 0 spiro atoms. The van der Waals surface area contributed by atoms with Gasteiger partial charge in [0.25, 0.3) is 0 Å². The van der Waals surface area contributed by atoms with Crippen LogP contribution in [0, 0.1) is 5.82 Å². The summed E-state index contributed by atoms with van der Waals surface area (Å²) >= 11 is 0. The van der Waals surface area contributed by atoms with E-state index in [2.05, 4.69) is 22.3 Å². The van der Waals surface area contributed by atoms with Crippen LogP contribution < -0.4 is 9.62 Å². The number of amides is 1. The summed E-state index contributed by atoms with van der Waals surface area (Å²) in [6, 6.07) is 13.4. The van der Waals surface area contributed by atoms with Gasteiger partial charge in [-0.1, -0.05) is 24.3 Å². The molecule has 0 aliphatic carbocycles. The van der Waals surface area contributed by atoms with Crippen LogP contribution in [0.15, 0.2) is 48.5 Å². The normalized spacial score (nSPS) is 14.8. The Bertz CT molecular complexity index is 993. The van der Waals surface area contributed by atoms with Crippen LogP contribution >= 0.6 is 0 Å². The Kier molecular flexibility index (Phi) is 8.60. The zero-order chi connectivity index (χ0) is 23.0. The molecule has 0 aromatic heterocycles. The molecule has 0 bridgehead atoms. The molecule has 7 nitrogen and oxygen atoms in total. The first-order valence-corrected chi connectivity index (χ1v) is 12.5. The van der Waals surface area contributed by atoms with Crippen LogP contribution in [-0.4, -0.2) is 58.3 Å². The van der Waals surface area contributed by atoms with E-state index in [1.807, 2.05) is 12.1 Å². The van der Waals surface area contributed by atoms with Gasteiger partial charge in [-0.05, 0) is 41.8 Å². The van der Waals surface area contributed by atoms with Crippen LogP contribution in [0.3, 0.4) is 0 Å². The van der Waals surface area contributed by atoms with E-state index in [1.54, 1.807) is 0 Å². The predicted molar refractivity (Wildman–Crippen MR) is 122 cm³/mol. The number of sulfonamides is 1. The summed E-state index contributed by atoms with van der Waals surface area (Å²) < 4.78 is 43.9. The number of benzene rings is 2. The van der Waals surface area contributed by atoms with Crippen molar-refractivity contribution in [2.75, 3.05) is 43.4 Å². The molecule has 1 aliphatic rings. The smallest absolute Gasteiger partial charge is 0.232 e. The minimum absolute atomic E-state index is 0.142. The Morgan fingerprint density at radius 2 is 1.81 bits per heavy atom. The Morgan fingerprint density at radius 1 is 1.12 bits per heavy atom. The van der Waals surface area contributed by atoms with Crippen LogP contribution in [0.5, 0.6) is 0 Å². The van der Waals surface area contributed by atoms with Gasteiger partial charge < -0.3 is 10.1 Å². The molecule has 32 heavy (non-hydrogen) atoms. The molecule has 1 saturated heterocycles. The van der Waals surface area contributed by atoms with Crippen LogP contribution in [0.4, 0.5) is 10.1 Å². The number of anilines is 1. The molecule has 2 aromatic rings. The highest BCUT2D eigenvalue weighted by molar-refractivity contribution is 7.92. The van der Waals surface area contributed by atoms with E-state index in [9.17, 15) is 17.6 Å². The number of hydrogen-bond acceptors (Lipinski definition) is 5. The highest BCUT2D eigenvalue weighted by Crippen LogP contribution is 2.18. The number of morpholine rings is 1. The van der Waals surface area contributed by atoms with Gasteiger partial charge in [-0.15, -0.1) is 0 Å². The number of rotatable bonds is 10. The number of halogens is 1. The Hall–Kier alpha value is -2.49. The van der Waals surface area contributed by atoms with Gasteiger partial charge >= 0.3 is 0 Å². The lowest BCUT2D eigenvalue weighted by atomic mass is 10.1. The van der Waals surface area contributed by atoms with E-state index in [-0.39, 0.29) is 18.9 Å². The average Bonchev–Trinajstić information content (AvgIpc) is 2.76. The van der Waals surface area contributed by atoms with Crippen molar-refractivity contribution in [3.05, 3.63) is 65.5 Å². The number of nitrogens with one attached hydrogen (secondary N) is 1. The number of carbonyl (C=O) groups excluding carboxylic acids is 1. The molecule has 0 unspecified atom stereocenters. The van der Waals surface area contributed by atoms with E-state index in [1.165, 1.54) is 34.1 Å². The van der Waals surface area contributed by atoms with E-state index >= 15 is 0 Å². The molecular weight excluding hydrogens is 433 g/mol. The van der Waals surface area contributed by atoms with Gasteiger partial charge in [-0.25, -0.2) is 12.8 Å². The molecule has 1 N–H and O–H groups in total. The fourth-order valence-corrected chi connectivity index (χ4v) is 4.59. The molecule has 1 fully saturated rings. The lowest BCUT2D eigenvalue weighted by Crippen LogP contribution is -2.35. The fourth-order valence-electron chi connectivity index (χ4n) is 3.62. The third-order valence-electron chi connectivity index (χ3n) is 5.27. The first kappa shape index (κ1) is 24.2. The molecule has 0 saturated carbocycles. The molecule has 3 rings (SSSR count). The molecular formula is C23H30FN3O4S. The minimum Gasteiger partial charge on any atom is -0.379 e. The Morgan fingerprint density at radius 3 is 2.50 bits per heavy atom. The van der Waals surface area contributed by atoms with Crippen molar-refractivity contribution < 1.29 is 22.3 Å². The number of nitrogens with zero attached hydrogens (tertiary/aromatic N) is 2. The van der Waals surface area contributed by atoms with Gasteiger partial charge in [0, 0.05) is 39.1 Å². The highest BCUT2D eigenvalue weighted by Gasteiger charge is 2.17. The molecule has 0 radical (unpaired) electrons. The second kappa shape index (κ2) is 11.4. The molecule has 1 heterocycles. The fraction of sp³-hybridized carbons (Fsp3) is 0.435. The van der Waals surface area contributed by atoms with Gasteiger partial charge in [-0.3, -0.25) is 14.0 Å². The van der Waals surface area contributed by atoms with Gasteiger partial charge in [0.05, 0.1) is 25.2 Å². The summed E-state index contributed by atoms with van der Waals surface area (Å²) in [6.07, 6.45) is 1.65. The molecule has 1 aliphatic heterocycles. The van der Waals surface area contributed by atoms with Gasteiger partial charge in [0.15, 0.2) is 0 Å². The number of carbonyl (C=O) groups is 1. The van der Waals surface area contributed by atoms with Crippen LogP contribution in [-0.2, 0) is 32.6 Å². The van der Waals surface area contributed by atoms with Crippen molar-refractivity contribution in [1.82, 2.24) is 10.2 Å². The lowest BCUT2D eigenvalue weighted by Gasteiger charge is -2.26. The Balaban J connectivity index is 1.46. The summed E-state index contributed by atoms with van der Waals surface area (Å²) in [5, 5.41) is 2.90. The number of ether oxygens (including phenoxy) is 1. The maximum atomic E-state index is 13.1. The zero-order valence-electron chi connectivity index (χ0n) is 18.3. The van der Waals surface area contributed by atoms with Crippen molar-refractivity contribution in [2.24, 2.45) is 0 Å². The molecule has 0 atom stereocenters. The SMILES string of the molecule is CS(=O)(=O)N(CCCC(=O)NCc1cccc(CN2CCOCC2)c1)c1ccc(F)cc1. The van der Waals surface area contributed by atoms with Crippen LogP contribution in [0.1, 0.15) is 24.0 Å². The molecule has 1 amide bonds. The number of hydrogen-bond donors (Lipinski definition) is 1. The third-order valence-corrected chi connectivity index (χ3v) is 6.47. The average molecular weight is 464 g/mol. The quantitative estimate of drug-likeness (QED) is 0.586. The van der Waals surface area contributed by atoms with E-state index < -0.39 is 15.8 Å². The molecule has 174 valence electrons. The topological polar surface area (TPSA) is 79.0 Å². The van der Waals surface area contributed by atoms with E-state index in [0.717, 1.165) is 44.7 Å². The first-order valence-electron chi connectivity index (χ1n) is 10.7. The summed E-state index contributed by atoms with van der Waals surface area (Å²) in [4.78, 5) is 14.6. The molecule has 9 heteroatoms. The van der Waals surface area contributed by atoms with E-state index in [0.29, 0.717) is 18.7 Å². The third kappa shape index (κ3) is 7.58. The second-order valence-electron chi connectivity index (χ2n) is 7.90. The first-order chi connectivity index (χ1) is 15.3. The summed E-state index contributed by atoms with van der Waals surface area (Å²) in [7, 11) is -3.53. The van der Waals surface area contributed by atoms with Gasteiger partial charge in [0.1, 0.15) is 5.82 Å². The van der Waals surface area contributed by atoms with Crippen LogP contribution in [0.25, 0.3) is 0 Å². The Labute approximate surface area is 189 Å². The minimum atomic E-state index is -3.53. The highest BCUT2D eigenvalue weighted by atomic mass is 32.2. The lowest BCUT2D eigenvalue weighted by molar-refractivity contribution is -0.121. The van der Waals surface area contributed by atoms with Gasteiger partial charge in [-0.2, -0.15) is 0 Å². The van der Waals surface area contributed by atoms with E-state index in [4.69, 9.17) is 4.74 Å². The van der Waals surface area contributed by atoms with Crippen molar-refractivity contribution in [2.45, 2.75) is 25.9 Å². The predicted octanol–water partition coefficient (Wildman–Crippen LogP) is 2.52. The van der Waals surface area contributed by atoms with Crippen molar-refractivity contribution in [3.8, 4) is 0 Å². The van der Waals surface area contributed by atoms with Gasteiger partial charge in [0.2, 0.25) is 15.9 Å². The summed E-state index contributed by atoms with van der Waals surface area (Å²) in [5.74, 6) is -0.577. The monoisotopic (exact) mass is 463 g/mol. The second-order valence-corrected chi connectivity index (χ2v) is 9.81. The molecule has 2 aromatic carbocycles. The van der Waals surface area contributed by atoms with Crippen LogP contribution in [0.2, 0.25) is 0 Å². The largest absolute Gasteiger partial charge is 0.379 e. The van der Waals surface area contributed by atoms with Crippen molar-refractivity contribution >= 4 is 21.6 Å². The zero-order valence-corrected chi connectivity index (χ0v) is 19.1. The van der Waals surface area contributed by atoms with Crippen molar-refractivity contribution in [1.29, 1.82) is 0 Å². The van der Waals surface area contributed by atoms with Crippen molar-refractivity contribution in [3.63, 3.8) is 0 Å². The standard InChI is InChI=1S/C23H30FN3O4S/c1-32(29,30)27(22-9-7-21(24)8-10-22)11-3-6-23(28)25-17-19-4-2-5-20(16-19)18-26-12-14-31-15-13-26/h2,4-5,7-10,16H,3,6,11-15,17-18H2,1H3,(H,25,28). The summed E-state index contributed by atoms with van der Waals surface area (Å²) in [6.45, 7) is 4.78.